The number of urea groups is 1. The minimum atomic E-state index is -0.467. The normalized spacial score (nSPS) is 10.4. The fraction of sp³-hybridized carbons (Fsp3) is 0.389. The van der Waals surface area contributed by atoms with Gasteiger partial charge in [0.05, 0.1) is 13.7 Å². The van der Waals surface area contributed by atoms with Crippen molar-refractivity contribution in [3.8, 4) is 0 Å². The number of hydrogen-bond acceptors (Lipinski definition) is 5. The molecule has 0 fully saturated rings. The molecule has 0 unspecified atom stereocenters. The van der Waals surface area contributed by atoms with Crippen LogP contribution >= 0.6 is 11.3 Å². The molecule has 0 radical (unpaired) electrons. The summed E-state index contributed by atoms with van der Waals surface area (Å²) in [4.78, 5) is 30.0. The molecular weight excluding hydrogens is 338 g/mol. The number of benzene rings is 1. The summed E-state index contributed by atoms with van der Waals surface area (Å²) in [5.41, 5.74) is 2.22. The molecule has 0 aliphatic carbocycles. The lowest BCUT2D eigenvalue weighted by Gasteiger charge is -2.21. The van der Waals surface area contributed by atoms with Gasteiger partial charge in [0.15, 0.2) is 5.69 Å². The highest BCUT2D eigenvalue weighted by Crippen LogP contribution is 2.16. The van der Waals surface area contributed by atoms with Crippen molar-refractivity contribution in [3.63, 3.8) is 0 Å². The number of nitrogens with one attached hydrogen (secondary N) is 1. The van der Waals surface area contributed by atoms with Crippen LogP contribution in [0.3, 0.4) is 0 Å². The molecule has 2 aromatic rings. The third kappa shape index (κ3) is 5.29. The maximum Gasteiger partial charge on any atom is 0.357 e. The predicted octanol–water partition coefficient (Wildman–Crippen LogP) is 3.94. The Morgan fingerprint density at radius 1 is 1.32 bits per heavy atom. The highest BCUT2D eigenvalue weighted by atomic mass is 32.1. The minimum Gasteiger partial charge on any atom is -0.464 e. The maximum atomic E-state index is 12.6. The van der Waals surface area contributed by atoms with Crippen molar-refractivity contribution in [2.24, 2.45) is 0 Å². The number of esters is 1. The molecule has 1 N–H and O–H groups in total. The second-order valence-electron chi connectivity index (χ2n) is 5.52. The van der Waals surface area contributed by atoms with Gasteiger partial charge in [0.2, 0.25) is 0 Å². The third-order valence-corrected chi connectivity index (χ3v) is 4.47. The average molecular weight is 361 g/mol. The van der Waals surface area contributed by atoms with Crippen molar-refractivity contribution in [3.05, 3.63) is 45.9 Å². The largest absolute Gasteiger partial charge is 0.464 e. The van der Waals surface area contributed by atoms with Crippen LogP contribution in [0.4, 0.5) is 10.5 Å². The van der Waals surface area contributed by atoms with Gasteiger partial charge in [-0.15, -0.1) is 11.3 Å². The molecule has 6 nitrogen and oxygen atoms in total. The van der Waals surface area contributed by atoms with Crippen LogP contribution in [0.1, 0.15) is 41.3 Å². The minimum absolute atomic E-state index is 0.176. The van der Waals surface area contributed by atoms with Crippen LogP contribution in [0.25, 0.3) is 0 Å². The van der Waals surface area contributed by atoms with E-state index in [1.807, 2.05) is 31.2 Å². The summed E-state index contributed by atoms with van der Waals surface area (Å²) >= 11 is 1.34. The summed E-state index contributed by atoms with van der Waals surface area (Å²) in [5, 5.41) is 5.28. The molecule has 2 rings (SSSR count). The number of rotatable bonds is 7. The van der Waals surface area contributed by atoms with E-state index in [0.29, 0.717) is 18.1 Å². The highest BCUT2D eigenvalue weighted by Gasteiger charge is 2.17. The topological polar surface area (TPSA) is 71.5 Å². The second-order valence-corrected chi connectivity index (χ2v) is 6.47. The summed E-state index contributed by atoms with van der Waals surface area (Å²) in [6.07, 6.45) is 1.75. The van der Waals surface area contributed by atoms with Gasteiger partial charge in [-0.25, -0.2) is 14.6 Å². The zero-order valence-corrected chi connectivity index (χ0v) is 15.6. The summed E-state index contributed by atoms with van der Waals surface area (Å²) in [7, 11) is 1.32. The molecule has 2 amide bonds. The first-order valence-electron chi connectivity index (χ1n) is 8.25. The smallest absolute Gasteiger partial charge is 0.357 e. The summed E-state index contributed by atoms with van der Waals surface area (Å²) in [6, 6.07) is 7.64. The van der Waals surface area contributed by atoms with Crippen LogP contribution in [0.5, 0.6) is 0 Å². The first kappa shape index (κ1) is 18.9. The zero-order valence-electron chi connectivity index (χ0n) is 14.7. The average Bonchev–Trinajstić information content (AvgIpc) is 3.09. The van der Waals surface area contributed by atoms with Gasteiger partial charge >= 0.3 is 12.0 Å². The number of aryl methyl sites for hydroxylation is 1. The summed E-state index contributed by atoms with van der Waals surface area (Å²) in [5.74, 6) is -0.467. The standard InChI is InChI=1S/C18H23N3O3S/c1-4-9-21(11-16-20-15(12-25-16)17(22)24-3)18(23)19-14-8-6-7-13(5-2)10-14/h6-8,10,12H,4-5,9,11H2,1-3H3,(H,19,23). The van der Waals surface area contributed by atoms with Crippen LogP contribution in [0, 0.1) is 0 Å². The highest BCUT2D eigenvalue weighted by molar-refractivity contribution is 7.09. The Morgan fingerprint density at radius 2 is 2.12 bits per heavy atom. The van der Waals surface area contributed by atoms with Crippen LogP contribution < -0.4 is 5.32 Å². The fourth-order valence-corrected chi connectivity index (χ4v) is 3.12. The summed E-state index contributed by atoms with van der Waals surface area (Å²) in [6.45, 7) is 5.05. The fourth-order valence-electron chi connectivity index (χ4n) is 2.34. The Kier molecular flexibility index (Phi) is 6.94. The molecule has 1 heterocycles. The second kappa shape index (κ2) is 9.17. The maximum absolute atomic E-state index is 12.6. The monoisotopic (exact) mass is 361 g/mol. The lowest BCUT2D eigenvalue weighted by atomic mass is 10.1. The van der Waals surface area contributed by atoms with Gasteiger partial charge in [0.25, 0.3) is 0 Å². The van der Waals surface area contributed by atoms with Gasteiger partial charge in [-0.05, 0) is 30.5 Å². The number of ether oxygens (including phenoxy) is 1. The van der Waals surface area contributed by atoms with Gasteiger partial charge in [-0.2, -0.15) is 0 Å². The van der Waals surface area contributed by atoms with Crippen molar-refractivity contribution >= 4 is 29.0 Å². The molecule has 1 aromatic heterocycles. The molecular formula is C18H23N3O3S. The molecule has 0 saturated heterocycles. The van der Waals surface area contributed by atoms with Gasteiger partial charge in [0, 0.05) is 17.6 Å². The van der Waals surface area contributed by atoms with Crippen LogP contribution in [0.2, 0.25) is 0 Å². The molecule has 0 saturated carbocycles. The van der Waals surface area contributed by atoms with Crippen molar-refractivity contribution in [2.45, 2.75) is 33.2 Å². The number of thiazole rings is 1. The predicted molar refractivity (Wildman–Crippen MR) is 99.0 cm³/mol. The van der Waals surface area contributed by atoms with E-state index in [4.69, 9.17) is 0 Å². The van der Waals surface area contributed by atoms with E-state index in [9.17, 15) is 9.59 Å². The van der Waals surface area contributed by atoms with Crippen LogP contribution in [-0.2, 0) is 17.7 Å². The lowest BCUT2D eigenvalue weighted by molar-refractivity contribution is 0.0594. The van der Waals surface area contributed by atoms with Gasteiger partial charge in [-0.3, -0.25) is 0 Å². The van der Waals surface area contributed by atoms with Crippen LogP contribution in [-0.4, -0.2) is 35.5 Å². The van der Waals surface area contributed by atoms with Crippen LogP contribution in [0.15, 0.2) is 29.6 Å². The quantitative estimate of drug-likeness (QED) is 0.758. The Bertz CT molecular complexity index is 730. The van der Waals surface area contributed by atoms with E-state index in [1.165, 1.54) is 24.0 Å². The molecule has 0 spiro atoms. The van der Waals surface area contributed by atoms with Crippen molar-refractivity contribution in [2.75, 3.05) is 19.0 Å². The molecule has 7 heteroatoms. The number of amides is 2. The Morgan fingerprint density at radius 3 is 2.80 bits per heavy atom. The molecule has 0 atom stereocenters. The number of carbonyl (C=O) groups is 2. The first-order chi connectivity index (χ1) is 12.1. The van der Waals surface area contributed by atoms with E-state index in [2.05, 4.69) is 22.0 Å². The molecule has 25 heavy (non-hydrogen) atoms. The van der Waals surface area contributed by atoms with E-state index in [-0.39, 0.29) is 11.7 Å². The van der Waals surface area contributed by atoms with E-state index >= 15 is 0 Å². The number of anilines is 1. The molecule has 1 aromatic carbocycles. The van der Waals surface area contributed by atoms with Crippen molar-refractivity contribution < 1.29 is 14.3 Å². The van der Waals surface area contributed by atoms with E-state index in [1.54, 1.807) is 10.3 Å². The Labute approximate surface area is 151 Å². The third-order valence-electron chi connectivity index (χ3n) is 3.64. The Balaban J connectivity index is 2.06. The summed E-state index contributed by atoms with van der Waals surface area (Å²) < 4.78 is 4.66. The number of aromatic nitrogens is 1. The molecule has 0 aliphatic heterocycles. The van der Waals surface area contributed by atoms with Crippen molar-refractivity contribution in [1.29, 1.82) is 0 Å². The molecule has 0 bridgehead atoms. The number of methoxy groups -OCH3 is 1. The molecule has 0 aliphatic rings. The van der Waals surface area contributed by atoms with Gasteiger partial charge < -0.3 is 15.0 Å². The SMILES string of the molecule is CCCN(Cc1nc(C(=O)OC)cs1)C(=O)Nc1cccc(CC)c1. The lowest BCUT2D eigenvalue weighted by Crippen LogP contribution is -2.35. The van der Waals surface area contributed by atoms with Crippen molar-refractivity contribution in [1.82, 2.24) is 9.88 Å². The first-order valence-corrected chi connectivity index (χ1v) is 9.12. The number of nitrogens with zero attached hydrogens (tertiary/aromatic N) is 2. The van der Waals surface area contributed by atoms with E-state index < -0.39 is 5.97 Å². The number of carbonyl (C=O) groups excluding carboxylic acids is 2. The van der Waals surface area contributed by atoms with Gasteiger partial charge in [0.1, 0.15) is 5.01 Å². The van der Waals surface area contributed by atoms with E-state index in [0.717, 1.165) is 18.5 Å². The zero-order chi connectivity index (χ0) is 18.2. The van der Waals surface area contributed by atoms with Gasteiger partial charge in [-0.1, -0.05) is 26.0 Å². The number of hydrogen-bond donors (Lipinski definition) is 1. The Hall–Kier alpha value is -2.41. The molecule has 134 valence electrons.